The van der Waals surface area contributed by atoms with E-state index in [9.17, 15) is 53.1 Å². The molecule has 1 aliphatic heterocycles. The van der Waals surface area contributed by atoms with E-state index >= 15 is 0 Å². The van der Waals surface area contributed by atoms with Gasteiger partial charge in [0.25, 0.3) is 0 Å². The molecule has 2 heterocycles. The summed E-state index contributed by atoms with van der Waals surface area (Å²) in [6.07, 6.45) is 2.12. The van der Waals surface area contributed by atoms with Crippen LogP contribution in [0.15, 0.2) is 147 Å². The minimum atomic E-state index is -0.727. The normalized spacial score (nSPS) is 12.5. The van der Waals surface area contributed by atoms with Crippen molar-refractivity contribution in [1.29, 1.82) is 0 Å². The van der Waals surface area contributed by atoms with Crippen molar-refractivity contribution in [3.63, 3.8) is 0 Å². The van der Waals surface area contributed by atoms with E-state index in [2.05, 4.69) is 31.3 Å². The van der Waals surface area contributed by atoms with Gasteiger partial charge in [-0.3, -0.25) is 28.8 Å². The SMILES string of the molecule is CCC(=O)[C@H](Cc1ccc(O)c(-n2[nH]c(=O)n(-c3ccccc3)c2=O)c1)NC(C)=O.CCC(=O)[C@H](Cc1ccc(O)cc1)NC(C)=O.CCC(=O)[C@H](Cc1ccc(O)cc1)NC(C)=O.O=C1N=NC(=O)N1c1ccccc1. The number of azo groups is 1. The quantitative estimate of drug-likeness (QED) is 0.0514. The number of aromatic amines is 1. The summed E-state index contributed by atoms with van der Waals surface area (Å²) in [5.41, 5.74) is 2.01. The summed E-state index contributed by atoms with van der Waals surface area (Å²) in [7, 11) is 0. The Morgan fingerprint density at radius 1 is 0.506 bits per heavy atom. The molecule has 3 atom stereocenters. The summed E-state index contributed by atoms with van der Waals surface area (Å²) in [6, 6.07) is 31.7. The first-order valence-electron chi connectivity index (χ1n) is 24.3. The number of aromatic nitrogens is 3. The number of carbonyl (C=O) groups is 8. The van der Waals surface area contributed by atoms with E-state index in [-0.39, 0.29) is 70.8 Å². The number of hydrogen-bond donors (Lipinski definition) is 7. The Morgan fingerprint density at radius 2 is 0.870 bits per heavy atom. The van der Waals surface area contributed by atoms with Gasteiger partial charge >= 0.3 is 23.4 Å². The molecule has 0 spiro atoms. The fourth-order valence-electron chi connectivity index (χ4n) is 7.46. The van der Waals surface area contributed by atoms with Gasteiger partial charge in [0.1, 0.15) is 22.9 Å². The second-order valence-electron chi connectivity index (χ2n) is 17.1. The van der Waals surface area contributed by atoms with Crippen LogP contribution in [0.4, 0.5) is 15.3 Å². The summed E-state index contributed by atoms with van der Waals surface area (Å²) >= 11 is 0. The van der Waals surface area contributed by atoms with Gasteiger partial charge in [0, 0.05) is 40.0 Å². The lowest BCUT2D eigenvalue weighted by Gasteiger charge is -2.17. The van der Waals surface area contributed by atoms with Crippen LogP contribution in [-0.2, 0) is 48.0 Å². The minimum Gasteiger partial charge on any atom is -0.508 e. The molecule has 1 aliphatic rings. The number of phenols is 3. The van der Waals surface area contributed by atoms with Crippen LogP contribution < -0.4 is 32.2 Å². The van der Waals surface area contributed by atoms with Crippen molar-refractivity contribution in [2.45, 2.75) is 98.2 Å². The summed E-state index contributed by atoms with van der Waals surface area (Å²) < 4.78 is 1.90. The summed E-state index contributed by atoms with van der Waals surface area (Å²) in [4.78, 5) is 117. The standard InChI is InChI=1S/C21H22N4O5.2C13H17NO3.C8H5N3O2/c1-3-18(27)16(22-13(2)26)11-14-9-10-19(28)17(12-14)25-21(30)24(20(29)23-25)15-7-5-4-6-8-15;2*1-3-13(17)12(14-9(2)15)8-10-4-6-11(16)7-5-10;12-7-9-10-8(13)11(7)6-4-2-1-3-5-6/h4-10,12,16,28H,3,11H2,1-2H3,(H,22,26)(H,23,29);2*4-7,12,16H,3,8H2,1-2H3,(H,14,15);1-5H/t16-;2*12-;/m000./s1. The maximum atomic E-state index is 12.8. The van der Waals surface area contributed by atoms with E-state index in [1.165, 1.54) is 32.9 Å². The Balaban J connectivity index is 0.000000235. The summed E-state index contributed by atoms with van der Waals surface area (Å²) in [6.45, 7) is 9.37. The Kier molecular flexibility index (Phi) is 22.8. The van der Waals surface area contributed by atoms with Crippen LogP contribution in [0.3, 0.4) is 0 Å². The van der Waals surface area contributed by atoms with Gasteiger partial charge in [0.2, 0.25) is 17.7 Å². The Hall–Kier alpha value is -9.60. The van der Waals surface area contributed by atoms with Gasteiger partial charge in [-0.25, -0.2) is 33.7 Å². The van der Waals surface area contributed by atoms with Gasteiger partial charge < -0.3 is 31.3 Å². The second-order valence-corrected chi connectivity index (χ2v) is 17.1. The molecule has 7 N–H and O–H groups in total. The van der Waals surface area contributed by atoms with Gasteiger partial charge in [0.05, 0.1) is 29.5 Å². The number of anilines is 1. The predicted octanol–water partition coefficient (Wildman–Crippen LogP) is 6.08. The molecule has 0 unspecified atom stereocenters. The third kappa shape index (κ3) is 18.4. The molecule has 0 aliphatic carbocycles. The largest absolute Gasteiger partial charge is 0.508 e. The number of rotatable bonds is 18. The van der Waals surface area contributed by atoms with Crippen molar-refractivity contribution < 1.29 is 53.7 Å². The van der Waals surface area contributed by atoms with Gasteiger partial charge in [-0.1, -0.05) is 97.7 Å². The van der Waals surface area contributed by atoms with Gasteiger partial charge in [-0.05, 0) is 96.6 Å². The highest BCUT2D eigenvalue weighted by molar-refractivity contribution is 6.17. The maximum Gasteiger partial charge on any atom is 0.375 e. The molecule has 7 rings (SSSR count). The number of nitrogens with one attached hydrogen (secondary N) is 4. The number of phenolic OH excluding ortho intramolecular Hbond substituents is 3. The van der Waals surface area contributed by atoms with Crippen molar-refractivity contribution in [2.24, 2.45) is 10.2 Å². The van der Waals surface area contributed by atoms with Crippen LogP contribution in [-0.4, -0.2) is 94.9 Å². The maximum absolute atomic E-state index is 12.8. The van der Waals surface area contributed by atoms with Crippen LogP contribution >= 0.6 is 0 Å². The molecule has 0 fully saturated rings. The number of imide groups is 1. The summed E-state index contributed by atoms with van der Waals surface area (Å²) in [5.74, 6) is -0.729. The third-order valence-corrected chi connectivity index (χ3v) is 11.2. The number of Topliss-reactive ketones (excluding diaryl/α,β-unsaturated/α-hetero) is 3. The topological polar surface area (TPSA) is 321 Å². The highest BCUT2D eigenvalue weighted by Crippen LogP contribution is 2.23. The zero-order valence-electron chi connectivity index (χ0n) is 43.3. The molecule has 22 heteroatoms. The first-order chi connectivity index (χ1) is 36.6. The molecule has 404 valence electrons. The van der Waals surface area contributed by atoms with Crippen LogP contribution in [0, 0.1) is 0 Å². The Morgan fingerprint density at radius 3 is 1.25 bits per heavy atom. The number of amides is 7. The predicted molar refractivity (Wildman–Crippen MR) is 284 cm³/mol. The smallest absolute Gasteiger partial charge is 0.375 e. The zero-order chi connectivity index (χ0) is 56.8. The number of benzene rings is 5. The van der Waals surface area contributed by atoms with Crippen LogP contribution in [0.2, 0.25) is 0 Å². The first-order valence-corrected chi connectivity index (χ1v) is 24.3. The number of H-pyrrole nitrogens is 1. The van der Waals surface area contributed by atoms with Crippen molar-refractivity contribution in [1.82, 2.24) is 30.3 Å². The minimum absolute atomic E-state index is 0.00766. The second kappa shape index (κ2) is 29.3. The van der Waals surface area contributed by atoms with E-state index < -0.39 is 41.6 Å². The Bertz CT molecular complexity index is 3070. The number of nitrogens with zero attached hydrogens (tertiary/aromatic N) is 5. The fraction of sp³-hybridized carbons (Fsp3) is 0.273. The van der Waals surface area contributed by atoms with Crippen molar-refractivity contribution >= 4 is 52.8 Å². The fourth-order valence-corrected chi connectivity index (χ4v) is 7.46. The number of ketones is 3. The molecular weight excluding hydrogens is 995 g/mol. The lowest BCUT2D eigenvalue weighted by molar-refractivity contribution is -0.126. The number of aromatic hydroxyl groups is 3. The molecule has 5 aromatic carbocycles. The number of carbonyl (C=O) groups excluding carboxylic acids is 8. The molecule has 0 saturated carbocycles. The van der Waals surface area contributed by atoms with Gasteiger partial charge in [0.15, 0.2) is 17.3 Å². The zero-order valence-corrected chi connectivity index (χ0v) is 43.3. The molecule has 7 amide bonds. The average molecular weight is 1060 g/mol. The molecule has 77 heavy (non-hydrogen) atoms. The lowest BCUT2D eigenvalue weighted by atomic mass is 10.00. The highest BCUT2D eigenvalue weighted by atomic mass is 16.3. The number of urea groups is 2. The van der Waals surface area contributed by atoms with Crippen LogP contribution in [0.25, 0.3) is 11.4 Å². The van der Waals surface area contributed by atoms with E-state index in [1.807, 2.05) is 0 Å². The van der Waals surface area contributed by atoms with Crippen molar-refractivity contribution in [2.75, 3.05) is 4.90 Å². The molecule has 1 aromatic heterocycles. The van der Waals surface area contributed by atoms with Gasteiger partial charge in [-0.2, -0.15) is 4.68 Å². The average Bonchev–Trinajstić information content (AvgIpc) is 3.91. The molecule has 0 radical (unpaired) electrons. The number of hydrogen-bond acceptors (Lipinski definition) is 13. The Labute approximate surface area is 442 Å². The van der Waals surface area contributed by atoms with Crippen LogP contribution in [0.5, 0.6) is 17.2 Å². The van der Waals surface area contributed by atoms with Gasteiger partial charge in [-0.15, -0.1) is 0 Å². The molecule has 6 aromatic rings. The molecule has 0 saturated heterocycles. The van der Waals surface area contributed by atoms with Crippen LogP contribution in [0.1, 0.15) is 77.5 Å². The number of para-hydroxylation sites is 2. The summed E-state index contributed by atoms with van der Waals surface area (Å²) in [5, 5.41) is 45.2. The van der Waals surface area contributed by atoms with E-state index in [0.29, 0.717) is 42.6 Å². The molecular formula is C55H61N9O13. The molecule has 22 nitrogen and oxygen atoms in total. The van der Waals surface area contributed by atoms with Crippen molar-refractivity contribution in [3.8, 4) is 28.6 Å². The van der Waals surface area contributed by atoms with E-state index in [1.54, 1.807) is 136 Å². The lowest BCUT2D eigenvalue weighted by Crippen LogP contribution is -2.41. The first kappa shape index (κ1) is 60.0. The third-order valence-electron chi connectivity index (χ3n) is 11.2. The highest BCUT2D eigenvalue weighted by Gasteiger charge is 2.29. The van der Waals surface area contributed by atoms with E-state index in [0.717, 1.165) is 25.3 Å². The van der Waals surface area contributed by atoms with Crippen molar-refractivity contribution in [3.05, 3.63) is 165 Å². The van der Waals surface area contributed by atoms with E-state index in [4.69, 9.17) is 10.2 Å². The molecule has 0 bridgehead atoms. The monoisotopic (exact) mass is 1060 g/mol.